The zero-order valence-corrected chi connectivity index (χ0v) is 9.90. The second-order valence-corrected chi connectivity index (χ2v) is 3.83. The highest BCUT2D eigenvalue weighted by molar-refractivity contribution is 6.31. The molecule has 6 heteroatoms. The van der Waals surface area contributed by atoms with Gasteiger partial charge in [-0.3, -0.25) is 0 Å². The number of halogens is 1. The molecule has 0 atom stereocenters. The van der Waals surface area contributed by atoms with Crippen LogP contribution in [0.15, 0.2) is 6.33 Å². The SMILES string of the molecule is COc1c(Cl)ncnc1N1CCCOCC1. The van der Waals surface area contributed by atoms with Crippen LogP contribution in [0.4, 0.5) is 5.82 Å². The summed E-state index contributed by atoms with van der Waals surface area (Å²) in [7, 11) is 1.57. The zero-order chi connectivity index (χ0) is 11.4. The van der Waals surface area contributed by atoms with Crippen LogP contribution >= 0.6 is 11.6 Å². The van der Waals surface area contributed by atoms with Gasteiger partial charge in [0.15, 0.2) is 16.7 Å². The summed E-state index contributed by atoms with van der Waals surface area (Å²) in [6.07, 6.45) is 2.43. The first-order valence-electron chi connectivity index (χ1n) is 5.20. The van der Waals surface area contributed by atoms with Crippen LogP contribution in [-0.2, 0) is 4.74 Å². The maximum Gasteiger partial charge on any atom is 0.199 e. The molecule has 1 saturated heterocycles. The Kier molecular flexibility index (Phi) is 3.79. The number of hydrogen-bond acceptors (Lipinski definition) is 5. The molecule has 16 heavy (non-hydrogen) atoms. The number of methoxy groups -OCH3 is 1. The summed E-state index contributed by atoms with van der Waals surface area (Å²) >= 11 is 5.96. The van der Waals surface area contributed by atoms with Gasteiger partial charge in [-0.05, 0) is 6.42 Å². The topological polar surface area (TPSA) is 47.5 Å². The largest absolute Gasteiger partial charge is 0.490 e. The molecule has 0 N–H and O–H groups in total. The Balaban J connectivity index is 2.27. The van der Waals surface area contributed by atoms with Crippen LogP contribution in [0.3, 0.4) is 0 Å². The minimum atomic E-state index is 0.345. The van der Waals surface area contributed by atoms with Gasteiger partial charge in [-0.1, -0.05) is 11.6 Å². The minimum absolute atomic E-state index is 0.345. The number of ether oxygens (including phenoxy) is 2. The van der Waals surface area contributed by atoms with Crippen molar-refractivity contribution in [3.63, 3.8) is 0 Å². The summed E-state index contributed by atoms with van der Waals surface area (Å²) in [6.45, 7) is 3.18. The molecule has 0 radical (unpaired) electrons. The van der Waals surface area contributed by atoms with E-state index in [1.807, 2.05) is 0 Å². The third-order valence-corrected chi connectivity index (χ3v) is 2.74. The van der Waals surface area contributed by atoms with Gasteiger partial charge >= 0.3 is 0 Å². The molecular weight excluding hydrogens is 230 g/mol. The van der Waals surface area contributed by atoms with Crippen molar-refractivity contribution in [2.75, 3.05) is 38.3 Å². The third kappa shape index (κ3) is 2.36. The van der Waals surface area contributed by atoms with Gasteiger partial charge in [0.25, 0.3) is 0 Å². The second-order valence-electron chi connectivity index (χ2n) is 3.47. The predicted molar refractivity (Wildman–Crippen MR) is 61.2 cm³/mol. The van der Waals surface area contributed by atoms with Gasteiger partial charge < -0.3 is 14.4 Å². The van der Waals surface area contributed by atoms with Crippen LogP contribution < -0.4 is 9.64 Å². The van der Waals surface area contributed by atoms with Crippen molar-refractivity contribution in [2.24, 2.45) is 0 Å². The lowest BCUT2D eigenvalue weighted by Crippen LogP contribution is -2.27. The minimum Gasteiger partial charge on any atom is -0.490 e. The van der Waals surface area contributed by atoms with E-state index in [2.05, 4.69) is 14.9 Å². The number of aromatic nitrogens is 2. The summed E-state index contributed by atoms with van der Waals surface area (Å²) in [5.74, 6) is 1.28. The van der Waals surface area contributed by atoms with E-state index in [1.165, 1.54) is 6.33 Å². The quantitative estimate of drug-likeness (QED) is 0.735. The van der Waals surface area contributed by atoms with E-state index in [1.54, 1.807) is 7.11 Å². The first kappa shape index (κ1) is 11.4. The molecule has 2 rings (SSSR count). The molecule has 0 saturated carbocycles. The monoisotopic (exact) mass is 243 g/mol. The fourth-order valence-electron chi connectivity index (χ4n) is 1.70. The summed E-state index contributed by atoms with van der Waals surface area (Å²) in [5, 5.41) is 0.345. The van der Waals surface area contributed by atoms with E-state index in [4.69, 9.17) is 21.1 Å². The highest BCUT2D eigenvalue weighted by atomic mass is 35.5. The van der Waals surface area contributed by atoms with Gasteiger partial charge in [0.05, 0.1) is 13.7 Å². The lowest BCUT2D eigenvalue weighted by atomic mass is 10.3. The van der Waals surface area contributed by atoms with E-state index < -0.39 is 0 Å². The molecule has 2 heterocycles. The van der Waals surface area contributed by atoms with Crippen LogP contribution in [0, 0.1) is 0 Å². The van der Waals surface area contributed by atoms with Crippen molar-refractivity contribution in [3.8, 4) is 5.75 Å². The van der Waals surface area contributed by atoms with Crippen molar-refractivity contribution >= 4 is 17.4 Å². The van der Waals surface area contributed by atoms with Crippen molar-refractivity contribution in [1.82, 2.24) is 9.97 Å². The van der Waals surface area contributed by atoms with Crippen molar-refractivity contribution in [1.29, 1.82) is 0 Å². The lowest BCUT2D eigenvalue weighted by molar-refractivity contribution is 0.152. The molecule has 0 aliphatic carbocycles. The molecular formula is C10H14ClN3O2. The van der Waals surface area contributed by atoms with E-state index >= 15 is 0 Å². The third-order valence-electron chi connectivity index (χ3n) is 2.47. The smallest absolute Gasteiger partial charge is 0.199 e. The van der Waals surface area contributed by atoms with Crippen LogP contribution in [0.1, 0.15) is 6.42 Å². The Morgan fingerprint density at radius 2 is 2.25 bits per heavy atom. The number of hydrogen-bond donors (Lipinski definition) is 0. The molecule has 0 aromatic carbocycles. The molecule has 1 aromatic heterocycles. The first-order valence-corrected chi connectivity index (χ1v) is 5.58. The van der Waals surface area contributed by atoms with Crippen LogP contribution in [0.5, 0.6) is 5.75 Å². The van der Waals surface area contributed by atoms with Crippen molar-refractivity contribution in [2.45, 2.75) is 6.42 Å². The maximum absolute atomic E-state index is 5.96. The summed E-state index contributed by atoms with van der Waals surface area (Å²) in [4.78, 5) is 10.2. The molecule has 5 nitrogen and oxygen atoms in total. The van der Waals surface area contributed by atoms with Gasteiger partial charge in [-0.15, -0.1) is 0 Å². The Morgan fingerprint density at radius 1 is 1.38 bits per heavy atom. The standard InChI is InChI=1S/C10H14ClN3O2/c1-15-8-9(11)12-7-13-10(8)14-3-2-5-16-6-4-14/h7H,2-6H2,1H3. The van der Waals surface area contributed by atoms with Gasteiger partial charge in [0.1, 0.15) is 6.33 Å². The molecule has 0 unspecified atom stereocenters. The van der Waals surface area contributed by atoms with E-state index in [9.17, 15) is 0 Å². The fourth-order valence-corrected chi connectivity index (χ4v) is 1.91. The first-order chi connectivity index (χ1) is 7.83. The lowest BCUT2D eigenvalue weighted by Gasteiger charge is -2.22. The van der Waals surface area contributed by atoms with Gasteiger partial charge in [0, 0.05) is 19.7 Å². The Morgan fingerprint density at radius 3 is 3.06 bits per heavy atom. The predicted octanol–water partition coefficient (Wildman–Crippen LogP) is 1.37. The highest BCUT2D eigenvalue weighted by Gasteiger charge is 2.18. The van der Waals surface area contributed by atoms with E-state index in [-0.39, 0.29) is 0 Å². The van der Waals surface area contributed by atoms with Crippen LogP contribution in [0.25, 0.3) is 0 Å². The Labute approximate surface area is 99.3 Å². The Bertz CT molecular complexity index is 354. The van der Waals surface area contributed by atoms with Gasteiger partial charge in [0.2, 0.25) is 0 Å². The maximum atomic E-state index is 5.96. The molecule has 0 bridgehead atoms. The summed E-state index contributed by atoms with van der Waals surface area (Å²) in [6, 6.07) is 0. The normalized spacial score (nSPS) is 17.0. The number of rotatable bonds is 2. The highest BCUT2D eigenvalue weighted by Crippen LogP contribution is 2.31. The zero-order valence-electron chi connectivity index (χ0n) is 9.15. The summed E-state index contributed by atoms with van der Waals surface area (Å²) in [5.41, 5.74) is 0. The molecule has 1 aliphatic heterocycles. The molecule has 0 spiro atoms. The molecule has 1 aromatic rings. The molecule has 1 aliphatic rings. The second kappa shape index (κ2) is 5.32. The number of anilines is 1. The van der Waals surface area contributed by atoms with Gasteiger partial charge in [-0.25, -0.2) is 9.97 Å². The Hall–Kier alpha value is -1.07. The summed E-state index contributed by atoms with van der Waals surface area (Å²) < 4.78 is 10.6. The average Bonchev–Trinajstić information content (AvgIpc) is 2.57. The number of nitrogens with zero attached hydrogens (tertiary/aromatic N) is 3. The van der Waals surface area contributed by atoms with E-state index in [0.717, 1.165) is 31.9 Å². The van der Waals surface area contributed by atoms with Crippen molar-refractivity contribution < 1.29 is 9.47 Å². The molecule has 0 amide bonds. The molecule has 1 fully saturated rings. The van der Waals surface area contributed by atoms with Gasteiger partial charge in [-0.2, -0.15) is 0 Å². The fraction of sp³-hybridized carbons (Fsp3) is 0.600. The van der Waals surface area contributed by atoms with Crippen LogP contribution in [0.2, 0.25) is 5.15 Å². The van der Waals surface area contributed by atoms with Crippen LogP contribution in [-0.4, -0.2) is 43.4 Å². The van der Waals surface area contributed by atoms with Crippen molar-refractivity contribution in [3.05, 3.63) is 11.5 Å². The van der Waals surface area contributed by atoms with E-state index in [0.29, 0.717) is 17.5 Å². The average molecular weight is 244 g/mol. The molecule has 88 valence electrons.